The molecule has 2 amide bonds. The van der Waals surface area contributed by atoms with Gasteiger partial charge in [0.25, 0.3) is 11.8 Å². The van der Waals surface area contributed by atoms with Crippen molar-refractivity contribution in [2.45, 2.75) is 38.0 Å². The molecule has 5 rings (SSSR count). The Labute approximate surface area is 278 Å². The van der Waals surface area contributed by atoms with Gasteiger partial charge in [0, 0.05) is 22.5 Å². The highest BCUT2D eigenvalue weighted by atomic mass is 35.5. The molecule has 1 aliphatic heterocycles. The van der Waals surface area contributed by atoms with Crippen LogP contribution in [0.15, 0.2) is 102 Å². The first-order valence-electron chi connectivity index (χ1n) is 14.8. The summed E-state index contributed by atoms with van der Waals surface area (Å²) in [5, 5.41) is 6.46. The van der Waals surface area contributed by atoms with E-state index in [4.69, 9.17) is 25.8 Å². The maximum absolute atomic E-state index is 14.0. The average molecular weight is 656 g/mol. The maximum Gasteiger partial charge on any atom is 0.260 e. The van der Waals surface area contributed by atoms with Crippen LogP contribution in [0.2, 0.25) is 5.02 Å². The Balaban J connectivity index is 1.53. The Morgan fingerprint density at radius 1 is 0.851 bits per heavy atom. The number of anilines is 1. The zero-order chi connectivity index (χ0) is 33.8. The number of allylic oxidation sites excluding steroid dienone is 1. The van der Waals surface area contributed by atoms with Gasteiger partial charge in [-0.1, -0.05) is 41.9 Å². The van der Waals surface area contributed by atoms with E-state index in [1.165, 1.54) is 26.4 Å². The third-order valence-corrected chi connectivity index (χ3v) is 7.68. The molecule has 47 heavy (non-hydrogen) atoms. The molecule has 2 N–H and O–H groups in total. The smallest absolute Gasteiger partial charge is 0.260 e. The van der Waals surface area contributed by atoms with E-state index in [9.17, 15) is 14.0 Å². The number of hydrogen-bond acceptors (Lipinski definition) is 6. The van der Waals surface area contributed by atoms with Gasteiger partial charge in [-0.2, -0.15) is 0 Å². The van der Waals surface area contributed by atoms with Crippen LogP contribution in [0, 0.1) is 5.82 Å². The largest absolute Gasteiger partial charge is 0.493 e. The molecule has 2 atom stereocenters. The van der Waals surface area contributed by atoms with Crippen molar-refractivity contribution in [2.24, 2.45) is 4.99 Å². The predicted molar refractivity (Wildman–Crippen MR) is 181 cm³/mol. The number of rotatable bonds is 10. The molecule has 1 aliphatic rings. The molecule has 4 aromatic rings. The summed E-state index contributed by atoms with van der Waals surface area (Å²) in [5.74, 6) is -0.0300. The van der Waals surface area contributed by atoms with Gasteiger partial charge in [0.2, 0.25) is 0 Å². The minimum Gasteiger partial charge on any atom is -0.493 e. The van der Waals surface area contributed by atoms with Crippen molar-refractivity contribution in [1.29, 1.82) is 0 Å². The maximum atomic E-state index is 14.0. The van der Waals surface area contributed by atoms with Crippen molar-refractivity contribution < 1.29 is 28.2 Å². The summed E-state index contributed by atoms with van der Waals surface area (Å²) in [6, 6.07) is 23.0. The first kappa shape index (κ1) is 33.2. The number of ether oxygens (including phenoxy) is 3. The number of hydrogen-bond donors (Lipinski definition) is 2. The van der Waals surface area contributed by atoms with Crippen LogP contribution in [0.1, 0.15) is 53.9 Å². The first-order chi connectivity index (χ1) is 22.4. The van der Waals surface area contributed by atoms with Crippen molar-refractivity contribution in [1.82, 2.24) is 5.32 Å². The minimum absolute atomic E-state index is 0.185. The van der Waals surface area contributed by atoms with Crippen molar-refractivity contribution >= 4 is 35.3 Å². The number of amides is 2. The monoisotopic (exact) mass is 655 g/mol. The second-order valence-corrected chi connectivity index (χ2v) is 12.4. The van der Waals surface area contributed by atoms with E-state index in [1.54, 1.807) is 79.0 Å². The summed E-state index contributed by atoms with van der Waals surface area (Å²) in [6.07, 6.45) is 4.23. The molecule has 0 aromatic heterocycles. The zero-order valence-electron chi connectivity index (χ0n) is 26.6. The van der Waals surface area contributed by atoms with Crippen LogP contribution in [-0.2, 0) is 10.3 Å². The fraction of sp³-hybridized carbons (Fsp3) is 0.216. The summed E-state index contributed by atoms with van der Waals surface area (Å²) < 4.78 is 31.2. The summed E-state index contributed by atoms with van der Waals surface area (Å²) in [5.41, 5.74) is 0.546. The van der Waals surface area contributed by atoms with E-state index in [-0.39, 0.29) is 17.1 Å². The van der Waals surface area contributed by atoms with Crippen LogP contribution in [0.4, 0.5) is 10.1 Å². The van der Waals surface area contributed by atoms with E-state index in [0.29, 0.717) is 33.3 Å². The third kappa shape index (κ3) is 7.47. The highest BCUT2D eigenvalue weighted by Crippen LogP contribution is 2.38. The van der Waals surface area contributed by atoms with E-state index >= 15 is 0 Å². The molecule has 0 saturated heterocycles. The van der Waals surface area contributed by atoms with E-state index in [2.05, 4.69) is 15.6 Å². The van der Waals surface area contributed by atoms with Crippen LogP contribution in [0.5, 0.6) is 17.2 Å². The van der Waals surface area contributed by atoms with Crippen LogP contribution < -0.4 is 24.8 Å². The molecule has 10 heteroatoms. The predicted octanol–water partition coefficient (Wildman–Crippen LogP) is 7.67. The zero-order valence-corrected chi connectivity index (χ0v) is 27.4. The topological polar surface area (TPSA) is 98.2 Å². The molecule has 0 bridgehead atoms. The number of nitrogens with zero attached hydrogens (tertiary/aromatic N) is 1. The number of carbonyl (C=O) groups excluding carboxylic acids is 2. The number of halogens is 2. The lowest BCUT2D eigenvalue weighted by molar-refractivity contribution is -0.119. The first-order valence-corrected chi connectivity index (χ1v) is 15.2. The molecule has 242 valence electrons. The standard InChI is InChI=1S/C37H35ClFN3O5/c1-36(2,3)42-34(43)29-22-28(41-35(44)37(19-6-20-40-37)25-11-17-31(45-4)32(21-25)46-5)16-18-30(29)47-33(23-7-12-26(38)13-8-23)24-9-14-27(39)15-10-24/h6-22,33H,1-5H3,(H,41,44)(H,42,43). The van der Waals surface area contributed by atoms with Gasteiger partial charge in [0.15, 0.2) is 17.0 Å². The number of benzene rings is 4. The van der Waals surface area contributed by atoms with Gasteiger partial charge in [-0.25, -0.2) is 4.39 Å². The van der Waals surface area contributed by atoms with Crippen LogP contribution >= 0.6 is 11.6 Å². The van der Waals surface area contributed by atoms with Gasteiger partial charge >= 0.3 is 0 Å². The average Bonchev–Trinajstić information content (AvgIpc) is 3.55. The second-order valence-electron chi connectivity index (χ2n) is 11.9. The lowest BCUT2D eigenvalue weighted by Crippen LogP contribution is -2.41. The number of carbonyl (C=O) groups is 2. The van der Waals surface area contributed by atoms with Crippen molar-refractivity contribution in [3.63, 3.8) is 0 Å². The summed E-state index contributed by atoms with van der Waals surface area (Å²) in [6.45, 7) is 5.59. The molecule has 1 heterocycles. The fourth-order valence-corrected chi connectivity index (χ4v) is 5.27. The van der Waals surface area contributed by atoms with Crippen molar-refractivity contribution in [3.8, 4) is 17.2 Å². The van der Waals surface area contributed by atoms with Crippen LogP contribution in [0.3, 0.4) is 0 Å². The van der Waals surface area contributed by atoms with Crippen molar-refractivity contribution in [2.75, 3.05) is 19.5 Å². The third-order valence-electron chi connectivity index (χ3n) is 7.43. The van der Waals surface area contributed by atoms with E-state index in [0.717, 1.165) is 5.56 Å². The lowest BCUT2D eigenvalue weighted by Gasteiger charge is -2.26. The highest BCUT2D eigenvalue weighted by Gasteiger charge is 2.40. The van der Waals surface area contributed by atoms with Gasteiger partial charge in [-0.15, -0.1) is 0 Å². The molecule has 0 fully saturated rings. The Morgan fingerprint density at radius 2 is 1.49 bits per heavy atom. The molecule has 0 radical (unpaired) electrons. The van der Waals surface area contributed by atoms with Gasteiger partial charge < -0.3 is 24.8 Å². The summed E-state index contributed by atoms with van der Waals surface area (Å²) in [7, 11) is 3.05. The minimum atomic E-state index is -1.38. The van der Waals surface area contributed by atoms with Crippen LogP contribution in [-0.4, -0.2) is 37.8 Å². The molecule has 0 aliphatic carbocycles. The highest BCUT2D eigenvalue weighted by molar-refractivity contribution is 6.30. The normalized spacial score (nSPS) is 16.0. The number of nitrogens with one attached hydrogen (secondary N) is 2. The Hall–Kier alpha value is -5.15. The van der Waals surface area contributed by atoms with E-state index in [1.807, 2.05) is 32.9 Å². The molecular weight excluding hydrogens is 621 g/mol. The summed E-state index contributed by atoms with van der Waals surface area (Å²) >= 11 is 6.15. The SMILES string of the molecule is COc1ccc(C2(C(=O)Nc3ccc(OC(c4ccc(F)cc4)c4ccc(Cl)cc4)c(C(=O)NC(C)(C)C)c3)C=CC=N2)cc1OC. The molecule has 2 unspecified atom stereocenters. The lowest BCUT2D eigenvalue weighted by atomic mass is 9.89. The molecule has 8 nitrogen and oxygen atoms in total. The fourth-order valence-electron chi connectivity index (χ4n) is 5.15. The number of aliphatic imine (C=N–C) groups is 1. The number of methoxy groups -OCH3 is 2. The van der Waals surface area contributed by atoms with Crippen molar-refractivity contribution in [3.05, 3.63) is 130 Å². The molecule has 0 spiro atoms. The second kappa shape index (κ2) is 13.7. The molecule has 4 aromatic carbocycles. The Kier molecular flexibility index (Phi) is 9.67. The van der Waals surface area contributed by atoms with Gasteiger partial charge in [0.1, 0.15) is 17.7 Å². The summed E-state index contributed by atoms with van der Waals surface area (Å²) in [4.78, 5) is 32.2. The molecule has 0 saturated carbocycles. The Morgan fingerprint density at radius 3 is 2.09 bits per heavy atom. The van der Waals surface area contributed by atoms with Gasteiger partial charge in [0.05, 0.1) is 19.8 Å². The quantitative estimate of drug-likeness (QED) is 0.183. The van der Waals surface area contributed by atoms with Crippen LogP contribution in [0.25, 0.3) is 0 Å². The van der Waals surface area contributed by atoms with Gasteiger partial charge in [-0.3, -0.25) is 14.6 Å². The van der Waals surface area contributed by atoms with E-state index < -0.39 is 29.0 Å². The van der Waals surface area contributed by atoms with Gasteiger partial charge in [-0.05, 0) is 104 Å². The molecular formula is C37H35ClFN3O5. The Bertz CT molecular complexity index is 1780.